The molecule has 2 heterocycles. The van der Waals surface area contributed by atoms with Gasteiger partial charge in [0.25, 0.3) is 0 Å². The summed E-state index contributed by atoms with van der Waals surface area (Å²) in [5, 5.41) is 10.5. The zero-order valence-electron chi connectivity index (χ0n) is 15.5. The number of halogens is 1. The van der Waals surface area contributed by atoms with Gasteiger partial charge in [-0.1, -0.05) is 34.1 Å². The third-order valence-electron chi connectivity index (χ3n) is 4.80. The average Bonchev–Trinajstić information content (AvgIpc) is 3.21. The van der Waals surface area contributed by atoms with Crippen LogP contribution in [-0.4, -0.2) is 38.2 Å². The first kappa shape index (κ1) is 21.0. The predicted molar refractivity (Wildman–Crippen MR) is 113 cm³/mol. The van der Waals surface area contributed by atoms with Crippen molar-refractivity contribution in [1.82, 2.24) is 16.0 Å². The van der Waals surface area contributed by atoms with Crippen LogP contribution in [0.15, 0.2) is 46.3 Å². The van der Waals surface area contributed by atoms with Gasteiger partial charge in [0.15, 0.2) is 0 Å². The highest BCUT2D eigenvalue weighted by atomic mass is 79.9. The highest BCUT2D eigenvalue weighted by molar-refractivity contribution is 9.10. The average molecular weight is 466 g/mol. The Morgan fingerprint density at radius 2 is 2.00 bits per heavy atom. The molecule has 1 aromatic carbocycles. The molecule has 3 N–H and O–H groups in total. The molecule has 1 aliphatic heterocycles. The lowest BCUT2D eigenvalue weighted by Crippen LogP contribution is -2.51. The first-order valence-corrected chi connectivity index (χ1v) is 10.9. The number of imide groups is 1. The van der Waals surface area contributed by atoms with Crippen LogP contribution < -0.4 is 16.0 Å². The number of amides is 3. The van der Waals surface area contributed by atoms with Crippen molar-refractivity contribution in [3.63, 3.8) is 0 Å². The van der Waals surface area contributed by atoms with Gasteiger partial charge in [-0.3, -0.25) is 15.4 Å². The molecule has 1 aliphatic rings. The molecule has 1 aromatic heterocycles. The van der Waals surface area contributed by atoms with Gasteiger partial charge in [0.05, 0.1) is 6.54 Å². The molecule has 0 atom stereocenters. The first-order chi connectivity index (χ1) is 13.6. The molecule has 1 saturated heterocycles. The highest BCUT2D eigenvalue weighted by Crippen LogP contribution is 2.33. The van der Waals surface area contributed by atoms with Crippen LogP contribution in [0.3, 0.4) is 0 Å². The second kappa shape index (κ2) is 10.2. The number of urea groups is 1. The van der Waals surface area contributed by atoms with Crippen LogP contribution in [0, 0.1) is 0 Å². The third kappa shape index (κ3) is 5.88. The summed E-state index contributed by atoms with van der Waals surface area (Å²) in [7, 11) is 0. The normalized spacial score (nSPS) is 15.8. The molecule has 3 rings (SSSR count). The number of carbonyl (C=O) groups is 2. The lowest BCUT2D eigenvalue weighted by atomic mass is 9.82. The molecule has 0 spiro atoms. The van der Waals surface area contributed by atoms with Crippen LogP contribution in [0.2, 0.25) is 0 Å². The Morgan fingerprint density at radius 3 is 2.71 bits per heavy atom. The second-order valence-corrected chi connectivity index (χ2v) is 8.64. The van der Waals surface area contributed by atoms with E-state index in [0.717, 1.165) is 29.3 Å². The third-order valence-corrected chi connectivity index (χ3v) is 6.23. The van der Waals surface area contributed by atoms with Crippen molar-refractivity contribution in [3.05, 3.63) is 56.7 Å². The maximum absolute atomic E-state index is 12.3. The molecule has 0 aliphatic carbocycles. The van der Waals surface area contributed by atoms with Gasteiger partial charge < -0.3 is 10.1 Å². The maximum atomic E-state index is 12.3. The molecule has 3 amide bonds. The second-order valence-electron chi connectivity index (χ2n) is 6.69. The van der Waals surface area contributed by atoms with Gasteiger partial charge in [-0.2, -0.15) is 0 Å². The van der Waals surface area contributed by atoms with E-state index in [1.807, 2.05) is 29.6 Å². The fourth-order valence-corrected chi connectivity index (χ4v) is 4.40. The number of benzene rings is 1. The van der Waals surface area contributed by atoms with Crippen molar-refractivity contribution in [1.29, 1.82) is 0 Å². The number of thiophene rings is 1. The molecular weight excluding hydrogens is 442 g/mol. The van der Waals surface area contributed by atoms with Crippen molar-refractivity contribution in [2.24, 2.45) is 0 Å². The summed E-state index contributed by atoms with van der Waals surface area (Å²) in [6.45, 7) is 1.81. The van der Waals surface area contributed by atoms with E-state index < -0.39 is 6.03 Å². The SMILES string of the molecule is O=C(CNC1(c2cccc(Br)c2)CCOCC1)NC(=O)NCCc1cccs1. The number of hydrogen-bond acceptors (Lipinski definition) is 5. The highest BCUT2D eigenvalue weighted by Gasteiger charge is 2.34. The minimum Gasteiger partial charge on any atom is -0.381 e. The van der Waals surface area contributed by atoms with E-state index in [1.54, 1.807) is 11.3 Å². The van der Waals surface area contributed by atoms with Crippen LogP contribution in [-0.2, 0) is 21.5 Å². The van der Waals surface area contributed by atoms with Crippen molar-refractivity contribution in [2.75, 3.05) is 26.3 Å². The number of carbonyl (C=O) groups excluding carboxylic acids is 2. The summed E-state index contributed by atoms with van der Waals surface area (Å²) in [6.07, 6.45) is 2.29. The Balaban J connectivity index is 1.50. The summed E-state index contributed by atoms with van der Waals surface area (Å²) in [5.74, 6) is -0.352. The van der Waals surface area contributed by atoms with E-state index in [0.29, 0.717) is 19.8 Å². The Kier molecular flexibility index (Phi) is 7.61. The molecule has 0 radical (unpaired) electrons. The van der Waals surface area contributed by atoms with Gasteiger partial charge >= 0.3 is 6.03 Å². The van der Waals surface area contributed by atoms with Crippen molar-refractivity contribution >= 4 is 39.2 Å². The molecule has 8 heteroatoms. The molecule has 0 bridgehead atoms. The Bertz CT molecular complexity index is 792. The summed E-state index contributed by atoms with van der Waals surface area (Å²) < 4.78 is 6.50. The smallest absolute Gasteiger partial charge is 0.321 e. The van der Waals surface area contributed by atoms with Gasteiger partial charge in [0, 0.05) is 34.6 Å². The minimum atomic E-state index is -0.466. The summed E-state index contributed by atoms with van der Waals surface area (Å²) in [5.41, 5.74) is 0.771. The van der Waals surface area contributed by atoms with Crippen molar-refractivity contribution < 1.29 is 14.3 Å². The monoisotopic (exact) mass is 465 g/mol. The molecule has 150 valence electrons. The zero-order valence-corrected chi connectivity index (χ0v) is 17.9. The van der Waals surface area contributed by atoms with Crippen LogP contribution in [0.1, 0.15) is 23.3 Å². The Labute approximate surface area is 177 Å². The number of nitrogens with one attached hydrogen (secondary N) is 3. The van der Waals surface area contributed by atoms with Crippen molar-refractivity contribution in [3.8, 4) is 0 Å². The standard InChI is InChI=1S/C20H24BrN3O3S/c21-16-4-1-3-15(13-16)20(7-10-27-11-8-20)23-14-18(25)24-19(26)22-9-6-17-5-2-12-28-17/h1-5,12-13,23H,6-11,14H2,(H2,22,24,25,26). The minimum absolute atomic E-state index is 0.0604. The van der Waals surface area contributed by atoms with Gasteiger partial charge in [0.2, 0.25) is 5.91 Å². The molecule has 1 fully saturated rings. The van der Waals surface area contributed by atoms with Gasteiger partial charge in [0.1, 0.15) is 0 Å². The van der Waals surface area contributed by atoms with E-state index in [4.69, 9.17) is 4.74 Å². The van der Waals surface area contributed by atoms with E-state index in [-0.39, 0.29) is 18.0 Å². The molecule has 0 saturated carbocycles. The molecule has 28 heavy (non-hydrogen) atoms. The predicted octanol–water partition coefficient (Wildman–Crippen LogP) is 3.17. The summed E-state index contributed by atoms with van der Waals surface area (Å²) >= 11 is 5.16. The van der Waals surface area contributed by atoms with Crippen LogP contribution in [0.4, 0.5) is 4.79 Å². The van der Waals surface area contributed by atoms with Crippen LogP contribution in [0.25, 0.3) is 0 Å². The fraction of sp³-hybridized carbons (Fsp3) is 0.400. The number of ether oxygens (including phenoxy) is 1. The molecular formula is C20H24BrN3O3S. The Hall–Kier alpha value is -1.74. The molecule has 2 aromatic rings. The van der Waals surface area contributed by atoms with Crippen LogP contribution in [0.5, 0.6) is 0 Å². The summed E-state index contributed by atoms with van der Waals surface area (Å²) in [4.78, 5) is 25.4. The van der Waals surface area contributed by atoms with Gasteiger partial charge in [-0.05, 0) is 48.4 Å². The molecule has 6 nitrogen and oxygen atoms in total. The van der Waals surface area contributed by atoms with E-state index in [1.165, 1.54) is 4.88 Å². The fourth-order valence-electron chi connectivity index (χ4n) is 3.29. The first-order valence-electron chi connectivity index (χ1n) is 9.26. The number of rotatable bonds is 7. The van der Waals surface area contributed by atoms with Gasteiger partial charge in [-0.25, -0.2) is 4.79 Å². The van der Waals surface area contributed by atoms with E-state index in [9.17, 15) is 9.59 Å². The van der Waals surface area contributed by atoms with Crippen molar-refractivity contribution in [2.45, 2.75) is 24.8 Å². The Morgan fingerprint density at radius 1 is 1.18 bits per heavy atom. The maximum Gasteiger partial charge on any atom is 0.321 e. The van der Waals surface area contributed by atoms with E-state index in [2.05, 4.69) is 44.0 Å². The van der Waals surface area contributed by atoms with Crippen LogP contribution >= 0.6 is 27.3 Å². The van der Waals surface area contributed by atoms with E-state index >= 15 is 0 Å². The molecule has 0 unspecified atom stereocenters. The lowest BCUT2D eigenvalue weighted by molar-refractivity contribution is -0.119. The topological polar surface area (TPSA) is 79.5 Å². The largest absolute Gasteiger partial charge is 0.381 e. The van der Waals surface area contributed by atoms with Gasteiger partial charge in [-0.15, -0.1) is 11.3 Å². The quantitative estimate of drug-likeness (QED) is 0.586. The number of hydrogen-bond donors (Lipinski definition) is 3. The zero-order chi connectivity index (χ0) is 19.8. The summed E-state index contributed by atoms with van der Waals surface area (Å²) in [6, 6.07) is 11.6. The lowest BCUT2D eigenvalue weighted by Gasteiger charge is -2.38.